The van der Waals surface area contributed by atoms with Gasteiger partial charge in [-0.15, -0.1) is 0 Å². The molecule has 31 heavy (non-hydrogen) atoms. The van der Waals surface area contributed by atoms with Gasteiger partial charge in [-0.25, -0.2) is 4.98 Å². The van der Waals surface area contributed by atoms with E-state index in [0.29, 0.717) is 12.5 Å². The maximum Gasteiger partial charge on any atom is 0.236 e. The molecule has 0 unspecified atom stereocenters. The number of hydrogen-bond donors (Lipinski definition) is 0. The van der Waals surface area contributed by atoms with E-state index in [-0.39, 0.29) is 5.91 Å². The normalized spacial score (nSPS) is 19.2. The minimum Gasteiger partial charge on any atom is -0.353 e. The minimum atomic E-state index is 0.229. The van der Waals surface area contributed by atoms with Crippen LogP contribution in [0.1, 0.15) is 22.6 Å². The quantitative estimate of drug-likeness (QED) is 0.659. The van der Waals surface area contributed by atoms with Crippen molar-refractivity contribution in [3.63, 3.8) is 0 Å². The molecular formula is C26H28N4O. The fourth-order valence-corrected chi connectivity index (χ4v) is 4.79. The number of fused-ring (bicyclic) bond motifs is 1. The van der Waals surface area contributed by atoms with E-state index >= 15 is 0 Å². The lowest BCUT2D eigenvalue weighted by atomic mass is 9.84. The number of amides is 1. The molecule has 5 nitrogen and oxygen atoms in total. The average molecular weight is 413 g/mol. The van der Waals surface area contributed by atoms with Crippen LogP contribution < -0.4 is 4.90 Å². The molecule has 0 radical (unpaired) electrons. The van der Waals surface area contributed by atoms with Crippen molar-refractivity contribution in [2.45, 2.75) is 12.5 Å². The van der Waals surface area contributed by atoms with Crippen LogP contribution in [0.25, 0.3) is 0 Å². The van der Waals surface area contributed by atoms with Gasteiger partial charge in [0.25, 0.3) is 0 Å². The van der Waals surface area contributed by atoms with Gasteiger partial charge < -0.3 is 9.80 Å². The first-order valence-electron chi connectivity index (χ1n) is 11.1. The first kappa shape index (κ1) is 19.8. The van der Waals surface area contributed by atoms with Crippen molar-refractivity contribution >= 4 is 11.7 Å². The molecule has 0 N–H and O–H groups in total. The molecule has 0 spiro atoms. The number of nitrogens with zero attached hydrogens (tertiary/aromatic N) is 4. The Kier molecular flexibility index (Phi) is 5.67. The summed E-state index contributed by atoms with van der Waals surface area (Å²) in [5.74, 6) is 1.53. The topological polar surface area (TPSA) is 39.7 Å². The van der Waals surface area contributed by atoms with Crippen LogP contribution in [0.15, 0.2) is 79.0 Å². The van der Waals surface area contributed by atoms with Crippen LogP contribution in [0.3, 0.4) is 0 Å². The highest BCUT2D eigenvalue weighted by molar-refractivity contribution is 5.78. The number of rotatable bonds is 4. The van der Waals surface area contributed by atoms with E-state index < -0.39 is 0 Å². The molecule has 1 atom stereocenters. The van der Waals surface area contributed by atoms with Gasteiger partial charge in [0.15, 0.2) is 0 Å². The predicted molar refractivity (Wildman–Crippen MR) is 123 cm³/mol. The number of piperazine rings is 1. The first-order valence-corrected chi connectivity index (χ1v) is 11.1. The molecule has 5 heteroatoms. The van der Waals surface area contributed by atoms with Crippen LogP contribution in [0, 0.1) is 0 Å². The highest BCUT2D eigenvalue weighted by Gasteiger charge is 2.29. The van der Waals surface area contributed by atoms with Crippen LogP contribution in [-0.2, 0) is 11.3 Å². The van der Waals surface area contributed by atoms with Crippen LogP contribution in [0.2, 0.25) is 0 Å². The lowest BCUT2D eigenvalue weighted by Crippen LogP contribution is -2.52. The van der Waals surface area contributed by atoms with E-state index in [4.69, 9.17) is 0 Å². The van der Waals surface area contributed by atoms with Crippen LogP contribution in [0.5, 0.6) is 0 Å². The summed E-state index contributed by atoms with van der Waals surface area (Å²) in [6.07, 6.45) is 1.82. The Morgan fingerprint density at radius 2 is 1.61 bits per heavy atom. The Hall–Kier alpha value is -3.18. The summed E-state index contributed by atoms with van der Waals surface area (Å²) in [6.45, 7) is 5.35. The second-order valence-corrected chi connectivity index (χ2v) is 8.39. The Morgan fingerprint density at radius 3 is 2.39 bits per heavy atom. The molecule has 0 aliphatic carbocycles. The second-order valence-electron chi connectivity index (χ2n) is 8.39. The van der Waals surface area contributed by atoms with E-state index in [9.17, 15) is 4.79 Å². The van der Waals surface area contributed by atoms with Crippen molar-refractivity contribution in [1.29, 1.82) is 0 Å². The van der Waals surface area contributed by atoms with Gasteiger partial charge in [-0.2, -0.15) is 0 Å². The van der Waals surface area contributed by atoms with Crippen molar-refractivity contribution < 1.29 is 4.79 Å². The Morgan fingerprint density at radius 1 is 0.871 bits per heavy atom. The van der Waals surface area contributed by atoms with Gasteiger partial charge in [0.1, 0.15) is 5.82 Å². The third kappa shape index (κ3) is 4.32. The SMILES string of the molecule is O=C(CN1Cc2ccccc2[C@H](c2ccccc2)C1)N1CCN(c2ccccn2)CC1. The summed E-state index contributed by atoms with van der Waals surface area (Å²) in [5.41, 5.74) is 4.04. The van der Waals surface area contributed by atoms with E-state index in [2.05, 4.69) is 69.4 Å². The number of hydrogen-bond acceptors (Lipinski definition) is 4. The number of pyridine rings is 1. The fourth-order valence-electron chi connectivity index (χ4n) is 4.79. The predicted octanol–water partition coefficient (Wildman–Crippen LogP) is 3.38. The summed E-state index contributed by atoms with van der Waals surface area (Å²) in [6, 6.07) is 25.3. The summed E-state index contributed by atoms with van der Waals surface area (Å²) < 4.78 is 0. The van der Waals surface area contributed by atoms with Crippen molar-refractivity contribution in [2.75, 3.05) is 44.2 Å². The summed E-state index contributed by atoms with van der Waals surface area (Å²) in [7, 11) is 0. The lowest BCUT2D eigenvalue weighted by Gasteiger charge is -2.38. The molecule has 158 valence electrons. The molecule has 3 heterocycles. The van der Waals surface area contributed by atoms with Crippen molar-refractivity contribution in [3.05, 3.63) is 95.7 Å². The largest absolute Gasteiger partial charge is 0.353 e. The van der Waals surface area contributed by atoms with Crippen LogP contribution in [-0.4, -0.2) is 60.0 Å². The van der Waals surface area contributed by atoms with Gasteiger partial charge in [0, 0.05) is 51.4 Å². The van der Waals surface area contributed by atoms with Crippen molar-refractivity contribution in [1.82, 2.24) is 14.8 Å². The number of aromatic nitrogens is 1. The summed E-state index contributed by atoms with van der Waals surface area (Å²) in [4.78, 5) is 24.1. The first-order chi connectivity index (χ1) is 15.3. The second kappa shape index (κ2) is 8.90. The van der Waals surface area contributed by atoms with Crippen LogP contribution in [0.4, 0.5) is 5.82 Å². The Labute approximate surface area is 183 Å². The molecule has 1 saturated heterocycles. The zero-order valence-corrected chi connectivity index (χ0v) is 17.7. The molecule has 1 fully saturated rings. The Balaban J connectivity index is 1.25. The molecule has 5 rings (SSSR count). The maximum atomic E-state index is 13.1. The molecule has 2 aliphatic heterocycles. The monoisotopic (exact) mass is 412 g/mol. The number of carbonyl (C=O) groups excluding carboxylic acids is 1. The van der Waals surface area contributed by atoms with E-state index in [0.717, 1.165) is 45.1 Å². The van der Waals surface area contributed by atoms with Crippen molar-refractivity contribution in [3.8, 4) is 0 Å². The minimum absolute atomic E-state index is 0.229. The van der Waals surface area contributed by atoms with E-state index in [1.54, 1.807) is 0 Å². The summed E-state index contributed by atoms with van der Waals surface area (Å²) >= 11 is 0. The lowest BCUT2D eigenvalue weighted by molar-refractivity contribution is -0.133. The van der Waals surface area contributed by atoms with Gasteiger partial charge in [0.05, 0.1) is 6.54 Å². The molecule has 1 aromatic heterocycles. The van der Waals surface area contributed by atoms with E-state index in [1.807, 2.05) is 29.3 Å². The molecule has 3 aromatic rings. The molecule has 1 amide bonds. The maximum absolute atomic E-state index is 13.1. The van der Waals surface area contributed by atoms with Gasteiger partial charge in [-0.05, 0) is 28.8 Å². The smallest absolute Gasteiger partial charge is 0.236 e. The average Bonchev–Trinajstić information content (AvgIpc) is 2.85. The van der Waals surface area contributed by atoms with Crippen molar-refractivity contribution in [2.24, 2.45) is 0 Å². The molecule has 2 aromatic carbocycles. The third-order valence-electron chi connectivity index (χ3n) is 6.43. The molecular weight excluding hydrogens is 384 g/mol. The van der Waals surface area contributed by atoms with Gasteiger partial charge in [0.2, 0.25) is 5.91 Å². The Bertz CT molecular complexity index is 1020. The number of anilines is 1. The third-order valence-corrected chi connectivity index (χ3v) is 6.43. The zero-order valence-electron chi connectivity index (χ0n) is 17.7. The molecule has 0 bridgehead atoms. The highest BCUT2D eigenvalue weighted by atomic mass is 16.2. The fraction of sp³-hybridized carbons (Fsp3) is 0.308. The molecule has 0 saturated carbocycles. The standard InChI is InChI=1S/C26H28N4O/c31-26(30-16-14-29(15-17-30)25-12-6-7-13-27-25)20-28-18-22-10-4-5-11-23(22)24(19-28)21-8-2-1-3-9-21/h1-13,24H,14-20H2/t24-/m0/s1. The number of benzene rings is 2. The van der Waals surface area contributed by atoms with Gasteiger partial charge in [-0.3, -0.25) is 9.69 Å². The summed E-state index contributed by atoms with van der Waals surface area (Å²) in [5, 5.41) is 0. The molecule has 2 aliphatic rings. The van der Waals surface area contributed by atoms with Gasteiger partial charge >= 0.3 is 0 Å². The highest BCUT2D eigenvalue weighted by Crippen LogP contribution is 2.33. The number of carbonyl (C=O) groups is 1. The van der Waals surface area contributed by atoms with Gasteiger partial charge in [-0.1, -0.05) is 60.7 Å². The zero-order chi connectivity index (χ0) is 21.0. The van der Waals surface area contributed by atoms with Crippen LogP contribution >= 0.6 is 0 Å². The van der Waals surface area contributed by atoms with E-state index in [1.165, 1.54) is 16.7 Å².